The number of nitrogens with zero attached hydrogens (tertiary/aromatic N) is 1. The van der Waals surface area contributed by atoms with Crippen LogP contribution in [0.2, 0.25) is 0 Å². The van der Waals surface area contributed by atoms with Gasteiger partial charge in [-0.05, 0) is 74.2 Å². The predicted octanol–water partition coefficient (Wildman–Crippen LogP) is 5.26. The summed E-state index contributed by atoms with van der Waals surface area (Å²) in [5.74, 6) is 0.623. The number of para-hydroxylation sites is 3. The summed E-state index contributed by atoms with van der Waals surface area (Å²) in [5, 5.41) is 0. The van der Waals surface area contributed by atoms with Crippen LogP contribution in [0.25, 0.3) is 22.4 Å². The number of aromatic nitrogens is 2. The average Bonchev–Trinajstić information content (AvgIpc) is 3.10. The molecule has 0 bridgehead atoms. The first kappa shape index (κ1) is 19.2. The molecule has 0 spiro atoms. The van der Waals surface area contributed by atoms with Gasteiger partial charge >= 0.3 is 0 Å². The Morgan fingerprint density at radius 1 is 0.862 bits per heavy atom. The fourth-order valence-electron chi connectivity index (χ4n) is 3.64. The summed E-state index contributed by atoms with van der Waals surface area (Å²) in [7, 11) is -3.77. The van der Waals surface area contributed by atoms with Crippen molar-refractivity contribution in [2.45, 2.75) is 32.6 Å². The number of fused-ring (bicyclic) bond motifs is 1. The molecule has 3 aromatic carbocycles. The summed E-state index contributed by atoms with van der Waals surface area (Å²) in [6.07, 6.45) is 0. The highest BCUT2D eigenvalue weighted by Crippen LogP contribution is 2.32. The minimum absolute atomic E-state index is 0.342. The van der Waals surface area contributed by atoms with E-state index in [1.165, 1.54) is 0 Å². The van der Waals surface area contributed by atoms with Gasteiger partial charge in [-0.25, -0.2) is 13.4 Å². The van der Waals surface area contributed by atoms with Gasteiger partial charge in [0.15, 0.2) is 0 Å². The van der Waals surface area contributed by atoms with Gasteiger partial charge in [0.25, 0.3) is 10.0 Å². The van der Waals surface area contributed by atoms with Gasteiger partial charge in [-0.2, -0.15) is 0 Å². The second-order valence-electron chi connectivity index (χ2n) is 7.34. The zero-order valence-corrected chi connectivity index (χ0v) is 17.7. The van der Waals surface area contributed by atoms with E-state index in [0.29, 0.717) is 22.0 Å². The van der Waals surface area contributed by atoms with Crippen molar-refractivity contribution in [2.24, 2.45) is 0 Å². The van der Waals surface area contributed by atoms with Crippen molar-refractivity contribution >= 4 is 26.7 Å². The molecule has 0 unspecified atom stereocenters. The Morgan fingerprint density at radius 2 is 1.48 bits per heavy atom. The molecule has 2 N–H and O–H groups in total. The maximum absolute atomic E-state index is 13.4. The lowest BCUT2D eigenvalue weighted by molar-refractivity contribution is 0.599. The second kappa shape index (κ2) is 7.04. The molecule has 4 aromatic rings. The number of aromatic amines is 1. The number of hydrogen-bond acceptors (Lipinski definition) is 3. The van der Waals surface area contributed by atoms with Crippen LogP contribution in [0, 0.1) is 27.7 Å². The SMILES string of the molecule is Cc1cc(C)c(C)c(S(=O)(=O)Nc2ccccc2-c2nc3ccccc3[nH]2)c1C. The van der Waals surface area contributed by atoms with Gasteiger partial charge in [0.1, 0.15) is 5.82 Å². The molecule has 6 heteroatoms. The van der Waals surface area contributed by atoms with Crippen LogP contribution < -0.4 is 4.72 Å². The highest BCUT2D eigenvalue weighted by Gasteiger charge is 2.23. The van der Waals surface area contributed by atoms with Gasteiger partial charge in [0, 0.05) is 5.56 Å². The summed E-state index contributed by atoms with van der Waals surface area (Å²) in [6, 6.07) is 17.0. The lowest BCUT2D eigenvalue weighted by Gasteiger charge is -2.17. The number of anilines is 1. The van der Waals surface area contributed by atoms with E-state index in [2.05, 4.69) is 14.7 Å². The van der Waals surface area contributed by atoms with Crippen molar-refractivity contribution < 1.29 is 8.42 Å². The summed E-state index contributed by atoms with van der Waals surface area (Å²) >= 11 is 0. The third kappa shape index (κ3) is 3.40. The topological polar surface area (TPSA) is 74.8 Å². The predicted molar refractivity (Wildman–Crippen MR) is 118 cm³/mol. The van der Waals surface area contributed by atoms with Crippen molar-refractivity contribution in [3.63, 3.8) is 0 Å². The first-order valence-electron chi connectivity index (χ1n) is 9.42. The minimum Gasteiger partial charge on any atom is -0.338 e. The van der Waals surface area contributed by atoms with Crippen LogP contribution in [0.15, 0.2) is 59.5 Å². The maximum Gasteiger partial charge on any atom is 0.262 e. The largest absolute Gasteiger partial charge is 0.338 e. The third-order valence-corrected chi connectivity index (χ3v) is 7.02. The molecule has 0 aliphatic heterocycles. The molecule has 1 heterocycles. The quantitative estimate of drug-likeness (QED) is 0.486. The molecule has 148 valence electrons. The first-order chi connectivity index (χ1) is 13.8. The fraction of sp³-hybridized carbons (Fsp3) is 0.174. The van der Waals surface area contributed by atoms with Crippen LogP contribution >= 0.6 is 0 Å². The molecule has 5 nitrogen and oxygen atoms in total. The monoisotopic (exact) mass is 405 g/mol. The molecule has 0 saturated carbocycles. The number of H-pyrrole nitrogens is 1. The van der Waals surface area contributed by atoms with Crippen LogP contribution in [0.5, 0.6) is 0 Å². The molecule has 29 heavy (non-hydrogen) atoms. The molecular weight excluding hydrogens is 382 g/mol. The Hall–Kier alpha value is -3.12. The number of hydrogen-bond donors (Lipinski definition) is 2. The third-order valence-electron chi connectivity index (χ3n) is 5.38. The van der Waals surface area contributed by atoms with E-state index in [1.54, 1.807) is 6.07 Å². The first-order valence-corrected chi connectivity index (χ1v) is 10.9. The Bertz CT molecular complexity index is 1280. The van der Waals surface area contributed by atoms with Gasteiger partial charge in [-0.1, -0.05) is 30.3 Å². The van der Waals surface area contributed by atoms with E-state index in [-0.39, 0.29) is 0 Å². The lowest BCUT2D eigenvalue weighted by atomic mass is 10.0. The summed E-state index contributed by atoms with van der Waals surface area (Å²) in [5.41, 5.74) is 6.38. The maximum atomic E-state index is 13.4. The molecule has 1 aromatic heterocycles. The van der Waals surface area contributed by atoms with Gasteiger partial charge in [0.2, 0.25) is 0 Å². The fourth-order valence-corrected chi connectivity index (χ4v) is 5.34. The minimum atomic E-state index is -3.77. The van der Waals surface area contributed by atoms with E-state index in [1.807, 2.05) is 76.2 Å². The van der Waals surface area contributed by atoms with Crippen LogP contribution in [0.3, 0.4) is 0 Å². The summed E-state index contributed by atoms with van der Waals surface area (Å²) in [6.45, 7) is 7.56. The Labute approximate surface area is 170 Å². The second-order valence-corrected chi connectivity index (χ2v) is 8.96. The number of rotatable bonds is 4. The van der Waals surface area contributed by atoms with Crippen LogP contribution in [0.4, 0.5) is 5.69 Å². The number of sulfonamides is 1. The number of imidazole rings is 1. The van der Waals surface area contributed by atoms with Crippen molar-refractivity contribution in [1.82, 2.24) is 9.97 Å². The van der Waals surface area contributed by atoms with E-state index >= 15 is 0 Å². The standard InChI is InChI=1S/C23H23N3O2S/c1-14-13-15(2)17(4)22(16(14)3)29(27,28)26-19-10-6-5-9-18(19)23-24-20-11-7-8-12-21(20)25-23/h5-13,26H,1-4H3,(H,24,25). The summed E-state index contributed by atoms with van der Waals surface area (Å²) < 4.78 is 29.5. The molecule has 4 rings (SSSR count). The Morgan fingerprint density at radius 3 is 2.17 bits per heavy atom. The van der Waals surface area contributed by atoms with Crippen LogP contribution in [-0.4, -0.2) is 18.4 Å². The van der Waals surface area contributed by atoms with Gasteiger partial charge in [-0.15, -0.1) is 0 Å². The van der Waals surface area contributed by atoms with Gasteiger partial charge in [0.05, 0.1) is 21.6 Å². The molecular formula is C23H23N3O2S. The molecule has 0 fully saturated rings. The molecule has 0 aliphatic carbocycles. The average molecular weight is 406 g/mol. The smallest absolute Gasteiger partial charge is 0.262 e. The number of nitrogens with one attached hydrogen (secondary N) is 2. The van der Waals surface area contributed by atoms with E-state index < -0.39 is 10.0 Å². The zero-order valence-electron chi connectivity index (χ0n) is 16.9. The Kier molecular flexibility index (Phi) is 4.67. The number of aryl methyl sites for hydroxylation is 2. The van der Waals surface area contributed by atoms with Crippen molar-refractivity contribution in [3.05, 3.63) is 76.9 Å². The molecule has 0 amide bonds. The molecule has 0 saturated heterocycles. The molecule has 0 radical (unpaired) electrons. The van der Waals surface area contributed by atoms with Gasteiger partial charge < -0.3 is 4.98 Å². The Balaban J connectivity index is 1.82. The van der Waals surface area contributed by atoms with E-state index in [4.69, 9.17) is 0 Å². The van der Waals surface area contributed by atoms with Crippen molar-refractivity contribution in [1.29, 1.82) is 0 Å². The van der Waals surface area contributed by atoms with Crippen molar-refractivity contribution in [2.75, 3.05) is 4.72 Å². The van der Waals surface area contributed by atoms with Gasteiger partial charge in [-0.3, -0.25) is 4.72 Å². The van der Waals surface area contributed by atoms with E-state index in [9.17, 15) is 8.42 Å². The van der Waals surface area contributed by atoms with Crippen molar-refractivity contribution in [3.8, 4) is 11.4 Å². The normalized spacial score (nSPS) is 11.7. The van der Waals surface area contributed by atoms with E-state index in [0.717, 1.165) is 33.3 Å². The highest BCUT2D eigenvalue weighted by atomic mass is 32.2. The molecule has 0 atom stereocenters. The lowest BCUT2D eigenvalue weighted by Crippen LogP contribution is -2.17. The number of benzene rings is 3. The summed E-state index contributed by atoms with van der Waals surface area (Å²) in [4.78, 5) is 8.23. The van der Waals surface area contributed by atoms with Crippen LogP contribution in [0.1, 0.15) is 22.3 Å². The van der Waals surface area contributed by atoms with Crippen LogP contribution in [-0.2, 0) is 10.0 Å². The molecule has 0 aliphatic rings. The zero-order chi connectivity index (χ0) is 20.8. The highest BCUT2D eigenvalue weighted by molar-refractivity contribution is 7.92.